The largest absolute Gasteiger partial charge is 0.324 e. The summed E-state index contributed by atoms with van der Waals surface area (Å²) in [6, 6.07) is 15.8. The highest BCUT2D eigenvalue weighted by Crippen LogP contribution is 2.36. The predicted molar refractivity (Wildman–Crippen MR) is 105 cm³/mol. The van der Waals surface area contributed by atoms with Gasteiger partial charge < -0.3 is 10.6 Å². The van der Waals surface area contributed by atoms with E-state index in [4.69, 9.17) is 0 Å². The molecule has 2 N–H and O–H groups in total. The van der Waals surface area contributed by atoms with Crippen molar-refractivity contribution in [2.75, 3.05) is 16.4 Å². The summed E-state index contributed by atoms with van der Waals surface area (Å²) in [5.41, 5.74) is 4.77. The molecule has 5 rings (SSSR count). The van der Waals surface area contributed by atoms with Gasteiger partial charge in [-0.25, -0.2) is 0 Å². The molecule has 0 spiro atoms. The Labute approximate surface area is 155 Å². The molecule has 0 bridgehead atoms. The second-order valence-corrected chi connectivity index (χ2v) is 7.63. The van der Waals surface area contributed by atoms with E-state index in [1.807, 2.05) is 18.2 Å². The van der Waals surface area contributed by atoms with Gasteiger partial charge in [0.15, 0.2) is 0 Å². The third-order valence-electron chi connectivity index (χ3n) is 5.00. The number of thioether (sulfide) groups is 1. The first-order chi connectivity index (χ1) is 12.7. The minimum absolute atomic E-state index is 0.0347. The standard InChI is InChI=1S/C21H16N2O2S/c24-19-11-26-18-9-7-14(10-17(18)22-19)21(25)23-16-8-6-13-5-4-12-2-1-3-15(16)20(12)13/h1-3,6-10H,4-5,11H2,(H,22,24)(H,23,25). The fourth-order valence-electron chi connectivity index (χ4n) is 3.77. The van der Waals surface area contributed by atoms with Gasteiger partial charge in [-0.2, -0.15) is 0 Å². The number of aryl methyl sites for hydroxylation is 2. The summed E-state index contributed by atoms with van der Waals surface area (Å²) in [6.45, 7) is 0. The van der Waals surface area contributed by atoms with Crippen LogP contribution in [-0.4, -0.2) is 17.6 Å². The molecule has 5 heteroatoms. The second-order valence-electron chi connectivity index (χ2n) is 6.61. The van der Waals surface area contributed by atoms with Gasteiger partial charge >= 0.3 is 0 Å². The molecule has 3 aromatic carbocycles. The lowest BCUT2D eigenvalue weighted by molar-refractivity contribution is -0.113. The number of hydrogen-bond donors (Lipinski definition) is 2. The first-order valence-electron chi connectivity index (χ1n) is 8.60. The number of carbonyl (C=O) groups excluding carboxylic acids is 2. The fourth-order valence-corrected chi connectivity index (χ4v) is 4.56. The lowest BCUT2D eigenvalue weighted by Gasteiger charge is -2.17. The van der Waals surface area contributed by atoms with E-state index in [0.29, 0.717) is 17.0 Å². The van der Waals surface area contributed by atoms with Gasteiger partial charge in [0.25, 0.3) is 5.91 Å². The molecule has 0 unspecified atom stereocenters. The number of fused-ring (bicyclic) bond motifs is 1. The van der Waals surface area contributed by atoms with Crippen LogP contribution < -0.4 is 10.6 Å². The molecule has 0 fully saturated rings. The number of rotatable bonds is 2. The zero-order chi connectivity index (χ0) is 17.7. The zero-order valence-electron chi connectivity index (χ0n) is 14.0. The molecule has 1 aliphatic carbocycles. The lowest BCUT2D eigenvalue weighted by Crippen LogP contribution is -2.20. The van der Waals surface area contributed by atoms with Gasteiger partial charge in [-0.05, 0) is 53.6 Å². The fraction of sp³-hybridized carbons (Fsp3) is 0.143. The van der Waals surface area contributed by atoms with Gasteiger partial charge in [0.1, 0.15) is 0 Å². The molecule has 128 valence electrons. The van der Waals surface area contributed by atoms with E-state index >= 15 is 0 Å². The van der Waals surface area contributed by atoms with Crippen LogP contribution in [0.3, 0.4) is 0 Å². The van der Waals surface area contributed by atoms with Crippen LogP contribution in [-0.2, 0) is 17.6 Å². The average Bonchev–Trinajstić information content (AvgIpc) is 3.08. The predicted octanol–water partition coefficient (Wildman–Crippen LogP) is 4.23. The van der Waals surface area contributed by atoms with E-state index in [-0.39, 0.29) is 11.8 Å². The first-order valence-corrected chi connectivity index (χ1v) is 9.59. The van der Waals surface area contributed by atoms with Crippen molar-refractivity contribution in [1.29, 1.82) is 0 Å². The summed E-state index contributed by atoms with van der Waals surface area (Å²) in [5, 5.41) is 8.24. The number of benzene rings is 3. The highest BCUT2D eigenvalue weighted by Gasteiger charge is 2.19. The van der Waals surface area contributed by atoms with Crippen molar-refractivity contribution in [3.63, 3.8) is 0 Å². The molecule has 4 nitrogen and oxygen atoms in total. The molecule has 0 radical (unpaired) electrons. The maximum absolute atomic E-state index is 12.8. The Kier molecular flexibility index (Phi) is 3.50. The Balaban J connectivity index is 1.49. The number of anilines is 2. The molecular formula is C21H16N2O2S. The van der Waals surface area contributed by atoms with E-state index in [1.54, 1.807) is 12.1 Å². The molecule has 26 heavy (non-hydrogen) atoms. The third-order valence-corrected chi connectivity index (χ3v) is 6.07. The topological polar surface area (TPSA) is 58.2 Å². The molecule has 0 aromatic heterocycles. The van der Waals surface area contributed by atoms with E-state index < -0.39 is 0 Å². The van der Waals surface area contributed by atoms with Crippen LogP contribution in [0.2, 0.25) is 0 Å². The molecule has 0 atom stereocenters. The lowest BCUT2D eigenvalue weighted by atomic mass is 10.0. The average molecular weight is 360 g/mol. The van der Waals surface area contributed by atoms with Crippen molar-refractivity contribution in [3.8, 4) is 0 Å². The molecule has 1 heterocycles. The highest BCUT2D eigenvalue weighted by atomic mass is 32.2. The Morgan fingerprint density at radius 3 is 2.77 bits per heavy atom. The van der Waals surface area contributed by atoms with Crippen molar-refractivity contribution in [3.05, 3.63) is 65.2 Å². The molecule has 2 amide bonds. The first kappa shape index (κ1) is 15.5. The quantitative estimate of drug-likeness (QED) is 0.719. The number of hydrogen-bond acceptors (Lipinski definition) is 3. The Hall–Kier alpha value is -2.79. The normalized spacial score (nSPS) is 14.8. The Morgan fingerprint density at radius 2 is 1.88 bits per heavy atom. The van der Waals surface area contributed by atoms with E-state index in [1.165, 1.54) is 28.3 Å². The summed E-state index contributed by atoms with van der Waals surface area (Å²) >= 11 is 1.49. The van der Waals surface area contributed by atoms with Gasteiger partial charge in [0.05, 0.1) is 11.4 Å². The van der Waals surface area contributed by atoms with Gasteiger partial charge in [0, 0.05) is 21.5 Å². The minimum atomic E-state index is -0.170. The van der Waals surface area contributed by atoms with Crippen molar-refractivity contribution in [1.82, 2.24) is 0 Å². The molecule has 1 aliphatic heterocycles. The number of carbonyl (C=O) groups is 2. The van der Waals surface area contributed by atoms with Crippen LogP contribution in [0.5, 0.6) is 0 Å². The summed E-state index contributed by atoms with van der Waals surface area (Å²) < 4.78 is 0. The van der Waals surface area contributed by atoms with Crippen LogP contribution in [0.1, 0.15) is 21.5 Å². The van der Waals surface area contributed by atoms with E-state index in [0.717, 1.165) is 28.8 Å². The summed E-state index contributed by atoms with van der Waals surface area (Å²) in [5.74, 6) is 0.211. The highest BCUT2D eigenvalue weighted by molar-refractivity contribution is 8.00. The smallest absolute Gasteiger partial charge is 0.255 e. The van der Waals surface area contributed by atoms with Gasteiger partial charge in [-0.1, -0.05) is 24.3 Å². The molecular weight excluding hydrogens is 344 g/mol. The van der Waals surface area contributed by atoms with Gasteiger partial charge in [-0.15, -0.1) is 11.8 Å². The zero-order valence-corrected chi connectivity index (χ0v) is 14.8. The Bertz CT molecular complexity index is 1080. The van der Waals surface area contributed by atoms with Crippen LogP contribution in [0.25, 0.3) is 10.8 Å². The number of amides is 2. The molecule has 2 aliphatic rings. The van der Waals surface area contributed by atoms with Crippen LogP contribution in [0.15, 0.2) is 53.4 Å². The summed E-state index contributed by atoms with van der Waals surface area (Å²) in [7, 11) is 0. The van der Waals surface area contributed by atoms with Crippen molar-refractivity contribution in [2.24, 2.45) is 0 Å². The van der Waals surface area contributed by atoms with Gasteiger partial charge in [-0.3, -0.25) is 9.59 Å². The van der Waals surface area contributed by atoms with Crippen molar-refractivity contribution < 1.29 is 9.59 Å². The van der Waals surface area contributed by atoms with Crippen LogP contribution >= 0.6 is 11.8 Å². The van der Waals surface area contributed by atoms with Crippen molar-refractivity contribution in [2.45, 2.75) is 17.7 Å². The monoisotopic (exact) mass is 360 g/mol. The molecule has 0 saturated heterocycles. The summed E-state index contributed by atoms with van der Waals surface area (Å²) in [4.78, 5) is 25.4. The molecule has 3 aromatic rings. The third kappa shape index (κ3) is 2.47. The Morgan fingerprint density at radius 1 is 1.04 bits per heavy atom. The SMILES string of the molecule is O=C1CSc2ccc(C(=O)Nc3ccc4c5c(cccc35)CC4)cc2N1. The number of nitrogens with one attached hydrogen (secondary N) is 2. The van der Waals surface area contributed by atoms with Crippen LogP contribution in [0, 0.1) is 0 Å². The van der Waals surface area contributed by atoms with E-state index in [2.05, 4.69) is 28.8 Å². The molecule has 0 saturated carbocycles. The van der Waals surface area contributed by atoms with Gasteiger partial charge in [0.2, 0.25) is 5.91 Å². The second kappa shape index (κ2) is 5.88. The summed E-state index contributed by atoms with van der Waals surface area (Å²) in [6.07, 6.45) is 2.12. The minimum Gasteiger partial charge on any atom is -0.324 e. The maximum atomic E-state index is 12.8. The van der Waals surface area contributed by atoms with E-state index in [9.17, 15) is 9.59 Å². The van der Waals surface area contributed by atoms with Crippen molar-refractivity contribution >= 4 is 45.7 Å². The van der Waals surface area contributed by atoms with Crippen LogP contribution in [0.4, 0.5) is 11.4 Å². The maximum Gasteiger partial charge on any atom is 0.255 e.